The highest BCUT2D eigenvalue weighted by Crippen LogP contribution is 2.43. The lowest BCUT2D eigenvalue weighted by atomic mass is 10.1. The van der Waals surface area contributed by atoms with E-state index >= 15 is 0 Å². The van der Waals surface area contributed by atoms with Crippen LogP contribution in [0.3, 0.4) is 0 Å². The van der Waals surface area contributed by atoms with Crippen molar-refractivity contribution in [3.05, 3.63) is 25.5 Å². The van der Waals surface area contributed by atoms with Gasteiger partial charge in [-0.15, -0.1) is 0 Å². The molecule has 0 unspecified atom stereocenters. The van der Waals surface area contributed by atoms with Gasteiger partial charge in [-0.3, -0.25) is 19.3 Å². The van der Waals surface area contributed by atoms with E-state index in [0.717, 1.165) is 4.90 Å². The second-order valence-electron chi connectivity index (χ2n) is 4.60. The summed E-state index contributed by atoms with van der Waals surface area (Å²) in [6.45, 7) is 1.62. The molecule has 0 bridgehead atoms. The van der Waals surface area contributed by atoms with E-state index in [1.54, 1.807) is 13.0 Å². The van der Waals surface area contributed by atoms with Gasteiger partial charge in [0.25, 0.3) is 11.1 Å². The summed E-state index contributed by atoms with van der Waals surface area (Å²) in [4.78, 5) is 35.9. The molecule has 0 aromatic heterocycles. The SMILES string of the molecule is CCOc1cc(Br)c(Br)c(/C=C2\SC(=O)N(CC(N)=O)C2=O)c1O. The maximum Gasteiger partial charge on any atom is 0.294 e. The number of nitrogens with zero attached hydrogens (tertiary/aromatic N) is 1. The molecule has 0 aliphatic carbocycles. The largest absolute Gasteiger partial charge is 0.504 e. The molecule has 128 valence electrons. The van der Waals surface area contributed by atoms with Crippen LogP contribution in [0.25, 0.3) is 6.08 Å². The fourth-order valence-corrected chi connectivity index (χ4v) is 3.59. The van der Waals surface area contributed by atoms with Crippen LogP contribution in [0.1, 0.15) is 12.5 Å². The molecule has 1 aromatic carbocycles. The number of hydrogen-bond acceptors (Lipinski definition) is 6. The standard InChI is InChI=1S/C14H12Br2N2O5S/c1-2-23-8-4-7(15)11(16)6(12(8)20)3-9-13(21)18(5-10(17)19)14(22)24-9/h3-4,20H,2,5H2,1H3,(H2,17,19)/b9-3-. The summed E-state index contributed by atoms with van der Waals surface area (Å²) in [6.07, 6.45) is 1.36. The van der Waals surface area contributed by atoms with Crippen molar-refractivity contribution >= 4 is 66.8 Å². The molecule has 0 atom stereocenters. The first-order valence-electron chi connectivity index (χ1n) is 6.63. The molecule has 1 fully saturated rings. The smallest absolute Gasteiger partial charge is 0.294 e. The molecule has 7 nitrogen and oxygen atoms in total. The van der Waals surface area contributed by atoms with Gasteiger partial charge in [0, 0.05) is 14.5 Å². The van der Waals surface area contributed by atoms with Crippen LogP contribution in [-0.2, 0) is 9.59 Å². The first-order chi connectivity index (χ1) is 11.3. The van der Waals surface area contributed by atoms with Crippen molar-refractivity contribution in [3.63, 3.8) is 0 Å². The Morgan fingerprint density at radius 3 is 2.71 bits per heavy atom. The van der Waals surface area contributed by atoms with Gasteiger partial charge >= 0.3 is 0 Å². The van der Waals surface area contributed by atoms with Crippen molar-refractivity contribution < 1.29 is 24.2 Å². The molecule has 2 rings (SSSR count). The van der Waals surface area contributed by atoms with Crippen LogP contribution >= 0.6 is 43.6 Å². The molecule has 0 spiro atoms. The lowest BCUT2D eigenvalue weighted by molar-refractivity contribution is -0.127. The number of amides is 3. The molecule has 3 N–H and O–H groups in total. The minimum Gasteiger partial charge on any atom is -0.504 e. The Labute approximate surface area is 158 Å². The third-order valence-corrected chi connectivity index (χ3v) is 5.87. The number of hydrogen-bond donors (Lipinski definition) is 2. The van der Waals surface area contributed by atoms with Gasteiger partial charge in [0.15, 0.2) is 11.5 Å². The zero-order valence-electron chi connectivity index (χ0n) is 12.3. The van der Waals surface area contributed by atoms with E-state index in [4.69, 9.17) is 10.5 Å². The summed E-state index contributed by atoms with van der Waals surface area (Å²) in [5.74, 6) is -1.37. The van der Waals surface area contributed by atoms with Gasteiger partial charge in [0.2, 0.25) is 5.91 Å². The highest BCUT2D eigenvalue weighted by atomic mass is 79.9. The zero-order chi connectivity index (χ0) is 18.0. The van der Waals surface area contributed by atoms with Crippen LogP contribution in [0, 0.1) is 0 Å². The van der Waals surface area contributed by atoms with Gasteiger partial charge in [-0.25, -0.2) is 0 Å². The Hall–Kier alpha value is -1.52. The van der Waals surface area contributed by atoms with Crippen LogP contribution in [0.4, 0.5) is 4.79 Å². The Kier molecular flexibility index (Phi) is 5.94. The number of phenols is 1. The molecule has 1 aliphatic heterocycles. The third kappa shape index (κ3) is 3.76. The summed E-state index contributed by atoms with van der Waals surface area (Å²) >= 11 is 7.30. The summed E-state index contributed by atoms with van der Waals surface area (Å²) in [6, 6.07) is 1.58. The molecule has 1 aliphatic rings. The van der Waals surface area contributed by atoms with Gasteiger partial charge < -0.3 is 15.6 Å². The highest BCUT2D eigenvalue weighted by molar-refractivity contribution is 9.13. The maximum atomic E-state index is 12.2. The Morgan fingerprint density at radius 1 is 1.46 bits per heavy atom. The van der Waals surface area contributed by atoms with Crippen molar-refractivity contribution in [1.29, 1.82) is 0 Å². The molecule has 10 heteroatoms. The van der Waals surface area contributed by atoms with E-state index in [0.29, 0.717) is 27.3 Å². The predicted octanol–water partition coefficient (Wildman–Crippen LogP) is 2.84. The lowest BCUT2D eigenvalue weighted by Crippen LogP contribution is -2.36. The summed E-state index contributed by atoms with van der Waals surface area (Å²) in [7, 11) is 0. The number of ether oxygens (including phenoxy) is 1. The van der Waals surface area contributed by atoms with E-state index in [2.05, 4.69) is 31.9 Å². The average Bonchev–Trinajstić information content (AvgIpc) is 2.76. The van der Waals surface area contributed by atoms with Gasteiger partial charge in [-0.2, -0.15) is 0 Å². The van der Waals surface area contributed by atoms with Gasteiger partial charge in [-0.1, -0.05) is 0 Å². The summed E-state index contributed by atoms with van der Waals surface area (Å²) < 4.78 is 6.43. The van der Waals surface area contributed by atoms with Crippen molar-refractivity contribution in [3.8, 4) is 11.5 Å². The predicted molar refractivity (Wildman–Crippen MR) is 96.5 cm³/mol. The number of aromatic hydroxyl groups is 1. The summed E-state index contributed by atoms with van der Waals surface area (Å²) in [5.41, 5.74) is 5.31. The van der Waals surface area contributed by atoms with E-state index in [-0.39, 0.29) is 22.0 Å². The first kappa shape index (κ1) is 18.8. The lowest BCUT2D eigenvalue weighted by Gasteiger charge is -2.12. The number of halogens is 2. The second-order valence-corrected chi connectivity index (χ2v) is 7.24. The zero-order valence-corrected chi connectivity index (χ0v) is 16.3. The molecule has 1 saturated heterocycles. The average molecular weight is 480 g/mol. The summed E-state index contributed by atoms with van der Waals surface area (Å²) in [5, 5.41) is 9.74. The van der Waals surface area contributed by atoms with E-state index in [1.807, 2.05) is 0 Å². The first-order valence-corrected chi connectivity index (χ1v) is 9.03. The second kappa shape index (κ2) is 7.58. The number of carbonyl (C=O) groups excluding carboxylic acids is 3. The molecule has 1 heterocycles. The number of imide groups is 1. The number of benzene rings is 1. The molecule has 1 aromatic rings. The molecule has 3 amide bonds. The number of primary amides is 1. The van der Waals surface area contributed by atoms with Crippen molar-refractivity contribution in [2.24, 2.45) is 5.73 Å². The molecular formula is C14H12Br2N2O5S. The third-order valence-electron chi connectivity index (χ3n) is 2.96. The van der Waals surface area contributed by atoms with Crippen molar-refractivity contribution in [2.45, 2.75) is 6.92 Å². The number of phenolic OH excluding ortho intramolecular Hbond substituents is 1. The monoisotopic (exact) mass is 478 g/mol. The topological polar surface area (TPSA) is 110 Å². The van der Waals surface area contributed by atoms with Crippen LogP contribution in [0.15, 0.2) is 19.9 Å². The Balaban J connectivity index is 2.46. The number of carbonyl (C=O) groups is 3. The van der Waals surface area contributed by atoms with E-state index in [9.17, 15) is 19.5 Å². The Bertz CT molecular complexity index is 766. The fourth-order valence-electron chi connectivity index (χ4n) is 1.93. The minimum atomic E-state index is -0.788. The quantitative estimate of drug-likeness (QED) is 0.628. The van der Waals surface area contributed by atoms with Crippen LogP contribution in [-0.4, -0.2) is 40.2 Å². The van der Waals surface area contributed by atoms with Gasteiger partial charge in [0.05, 0.1) is 11.5 Å². The van der Waals surface area contributed by atoms with Gasteiger partial charge in [-0.05, 0) is 62.7 Å². The molecule has 24 heavy (non-hydrogen) atoms. The van der Waals surface area contributed by atoms with Crippen molar-refractivity contribution in [2.75, 3.05) is 13.2 Å². The minimum absolute atomic E-state index is 0.0674. The Morgan fingerprint density at radius 2 is 2.12 bits per heavy atom. The van der Waals surface area contributed by atoms with Crippen LogP contribution in [0.2, 0.25) is 0 Å². The van der Waals surface area contributed by atoms with Gasteiger partial charge in [0.1, 0.15) is 6.54 Å². The van der Waals surface area contributed by atoms with Crippen LogP contribution in [0.5, 0.6) is 11.5 Å². The fraction of sp³-hybridized carbons (Fsp3) is 0.214. The van der Waals surface area contributed by atoms with Crippen LogP contribution < -0.4 is 10.5 Å². The molecular weight excluding hydrogens is 468 g/mol. The number of thioether (sulfide) groups is 1. The molecule has 0 radical (unpaired) electrons. The number of rotatable bonds is 5. The van der Waals surface area contributed by atoms with E-state index in [1.165, 1.54) is 6.08 Å². The normalized spacial score (nSPS) is 16.1. The van der Waals surface area contributed by atoms with Crippen molar-refractivity contribution in [1.82, 2.24) is 4.90 Å². The molecule has 0 saturated carbocycles. The number of nitrogens with two attached hydrogens (primary N) is 1. The highest BCUT2D eigenvalue weighted by Gasteiger charge is 2.36. The maximum absolute atomic E-state index is 12.2. The van der Waals surface area contributed by atoms with E-state index < -0.39 is 23.6 Å².